The molecule has 102 valence electrons. The van der Waals surface area contributed by atoms with Crippen LogP contribution in [-0.4, -0.2) is 9.55 Å². The number of nitrogens with zero attached hydrogens (tertiary/aromatic N) is 2. The molecule has 4 aromatic rings. The van der Waals surface area contributed by atoms with Crippen LogP contribution in [0.1, 0.15) is 5.01 Å². The van der Waals surface area contributed by atoms with Crippen LogP contribution in [0.3, 0.4) is 0 Å². The number of benzene rings is 2. The van der Waals surface area contributed by atoms with E-state index in [9.17, 15) is 4.79 Å². The first kappa shape index (κ1) is 12.3. The van der Waals surface area contributed by atoms with Crippen molar-refractivity contribution in [3.63, 3.8) is 0 Å². The Balaban J connectivity index is 2.04. The average molecular weight is 292 g/mol. The molecule has 0 atom stereocenters. The predicted molar refractivity (Wildman–Crippen MR) is 87.5 cm³/mol. The van der Waals surface area contributed by atoms with Crippen LogP contribution in [-0.2, 0) is 0 Å². The van der Waals surface area contributed by atoms with Crippen molar-refractivity contribution in [2.75, 3.05) is 0 Å². The molecule has 3 nitrogen and oxygen atoms in total. The van der Waals surface area contributed by atoms with Crippen LogP contribution in [0, 0.1) is 6.92 Å². The number of thiazole rings is 1. The summed E-state index contributed by atoms with van der Waals surface area (Å²) in [5.74, 6) is 0. The van der Waals surface area contributed by atoms with E-state index in [1.165, 1.54) is 4.70 Å². The lowest BCUT2D eigenvalue weighted by molar-refractivity contribution is 1.10. The minimum Gasteiger partial charge on any atom is -0.316 e. The van der Waals surface area contributed by atoms with Crippen LogP contribution in [0.4, 0.5) is 0 Å². The Labute approximate surface area is 125 Å². The van der Waals surface area contributed by atoms with E-state index in [-0.39, 0.29) is 5.43 Å². The number of hydrogen-bond acceptors (Lipinski definition) is 3. The van der Waals surface area contributed by atoms with Crippen LogP contribution < -0.4 is 5.43 Å². The van der Waals surface area contributed by atoms with Gasteiger partial charge in [0.15, 0.2) is 5.43 Å². The number of aromatic nitrogens is 2. The lowest BCUT2D eigenvalue weighted by Gasteiger charge is -2.10. The Morgan fingerprint density at radius 1 is 1.10 bits per heavy atom. The van der Waals surface area contributed by atoms with Gasteiger partial charge >= 0.3 is 0 Å². The molecule has 2 aromatic heterocycles. The maximum absolute atomic E-state index is 12.0. The van der Waals surface area contributed by atoms with Gasteiger partial charge in [-0.15, -0.1) is 11.3 Å². The number of para-hydroxylation sites is 1. The summed E-state index contributed by atoms with van der Waals surface area (Å²) in [4.78, 5) is 16.5. The summed E-state index contributed by atoms with van der Waals surface area (Å²) >= 11 is 1.69. The molecule has 0 aliphatic carbocycles. The van der Waals surface area contributed by atoms with Crippen molar-refractivity contribution in [3.8, 4) is 5.69 Å². The summed E-state index contributed by atoms with van der Waals surface area (Å²) in [6.45, 7) is 2.01. The van der Waals surface area contributed by atoms with Gasteiger partial charge in [-0.05, 0) is 37.3 Å². The van der Waals surface area contributed by atoms with Gasteiger partial charge in [-0.1, -0.05) is 12.1 Å². The second-order valence-corrected chi connectivity index (χ2v) is 6.19. The summed E-state index contributed by atoms with van der Waals surface area (Å²) in [7, 11) is 0. The second kappa shape index (κ2) is 4.53. The molecule has 0 aliphatic rings. The SMILES string of the molecule is Cc1nc2cc(-n3ccc(=O)c4ccccc43)ccc2s1. The first-order chi connectivity index (χ1) is 10.2. The van der Waals surface area contributed by atoms with Crippen molar-refractivity contribution < 1.29 is 0 Å². The van der Waals surface area contributed by atoms with Gasteiger partial charge < -0.3 is 4.57 Å². The summed E-state index contributed by atoms with van der Waals surface area (Å²) in [6.07, 6.45) is 1.82. The van der Waals surface area contributed by atoms with Crippen LogP contribution >= 0.6 is 11.3 Å². The van der Waals surface area contributed by atoms with E-state index in [0.29, 0.717) is 0 Å². The molecule has 4 rings (SSSR count). The van der Waals surface area contributed by atoms with Crippen LogP contribution in [0.5, 0.6) is 0 Å². The Morgan fingerprint density at radius 3 is 2.86 bits per heavy atom. The third-order valence-corrected chi connectivity index (χ3v) is 4.51. The molecular weight excluding hydrogens is 280 g/mol. The zero-order valence-corrected chi connectivity index (χ0v) is 12.2. The summed E-state index contributed by atoms with van der Waals surface area (Å²) in [5.41, 5.74) is 2.98. The number of rotatable bonds is 1. The smallest absolute Gasteiger partial charge is 0.189 e. The van der Waals surface area contributed by atoms with Gasteiger partial charge in [0.05, 0.1) is 20.7 Å². The summed E-state index contributed by atoms with van der Waals surface area (Å²) in [5, 5.41) is 1.79. The molecule has 0 bridgehead atoms. The third-order valence-electron chi connectivity index (χ3n) is 3.56. The molecule has 0 saturated heterocycles. The molecular formula is C17H12N2OS. The molecule has 0 radical (unpaired) electrons. The zero-order valence-electron chi connectivity index (χ0n) is 11.4. The van der Waals surface area contributed by atoms with E-state index >= 15 is 0 Å². The van der Waals surface area contributed by atoms with E-state index < -0.39 is 0 Å². The molecule has 2 aromatic carbocycles. The molecule has 0 N–H and O–H groups in total. The number of fused-ring (bicyclic) bond motifs is 2. The third kappa shape index (κ3) is 1.96. The maximum atomic E-state index is 12.0. The average Bonchev–Trinajstić information content (AvgIpc) is 2.87. The van der Waals surface area contributed by atoms with Crippen molar-refractivity contribution >= 4 is 32.5 Å². The van der Waals surface area contributed by atoms with Gasteiger partial charge in [0.2, 0.25) is 0 Å². The van der Waals surface area contributed by atoms with Crippen LogP contribution in [0.15, 0.2) is 59.5 Å². The summed E-state index contributed by atoms with van der Waals surface area (Å²) < 4.78 is 3.21. The molecule has 0 spiro atoms. The fourth-order valence-electron chi connectivity index (χ4n) is 2.61. The lowest BCUT2D eigenvalue weighted by atomic mass is 10.2. The molecule has 0 amide bonds. The van der Waals surface area contributed by atoms with Gasteiger partial charge in [-0.2, -0.15) is 0 Å². The van der Waals surface area contributed by atoms with Crippen molar-refractivity contribution in [3.05, 3.63) is 70.0 Å². The second-order valence-electron chi connectivity index (χ2n) is 4.95. The van der Waals surface area contributed by atoms with Crippen molar-refractivity contribution in [1.29, 1.82) is 0 Å². The molecule has 0 unspecified atom stereocenters. The highest BCUT2D eigenvalue weighted by molar-refractivity contribution is 7.18. The van der Waals surface area contributed by atoms with E-state index in [2.05, 4.69) is 23.2 Å². The van der Waals surface area contributed by atoms with Gasteiger partial charge in [-0.3, -0.25) is 4.79 Å². The van der Waals surface area contributed by atoms with Gasteiger partial charge in [-0.25, -0.2) is 4.98 Å². The van der Waals surface area contributed by atoms with Gasteiger partial charge in [0, 0.05) is 23.3 Å². The quantitative estimate of drug-likeness (QED) is 0.533. The Hall–Kier alpha value is -2.46. The summed E-state index contributed by atoms with van der Waals surface area (Å²) in [6, 6.07) is 15.5. The largest absolute Gasteiger partial charge is 0.316 e. The van der Waals surface area contributed by atoms with E-state index in [4.69, 9.17) is 0 Å². The molecule has 21 heavy (non-hydrogen) atoms. The number of hydrogen-bond donors (Lipinski definition) is 0. The first-order valence-corrected chi connectivity index (χ1v) is 7.52. The number of pyridine rings is 1. The van der Waals surface area contributed by atoms with Crippen molar-refractivity contribution in [1.82, 2.24) is 9.55 Å². The topological polar surface area (TPSA) is 34.9 Å². The molecule has 2 heterocycles. The highest BCUT2D eigenvalue weighted by Crippen LogP contribution is 2.25. The fraction of sp³-hybridized carbons (Fsp3) is 0.0588. The highest BCUT2D eigenvalue weighted by Gasteiger charge is 2.06. The van der Waals surface area contributed by atoms with Crippen molar-refractivity contribution in [2.45, 2.75) is 6.92 Å². The van der Waals surface area contributed by atoms with Crippen LogP contribution in [0.2, 0.25) is 0 Å². The maximum Gasteiger partial charge on any atom is 0.189 e. The molecule has 4 heteroatoms. The number of aryl methyl sites for hydroxylation is 1. The Morgan fingerprint density at radius 2 is 1.95 bits per heavy atom. The molecule has 0 aliphatic heterocycles. The van der Waals surface area contributed by atoms with Crippen molar-refractivity contribution in [2.24, 2.45) is 0 Å². The van der Waals surface area contributed by atoms with Gasteiger partial charge in [0.1, 0.15) is 0 Å². The molecule has 0 saturated carbocycles. The van der Waals surface area contributed by atoms with Crippen LogP contribution in [0.25, 0.3) is 26.8 Å². The molecule has 0 fully saturated rings. The highest BCUT2D eigenvalue weighted by atomic mass is 32.1. The Kier molecular flexibility index (Phi) is 2.65. The minimum atomic E-state index is 0.0485. The normalized spacial score (nSPS) is 11.3. The minimum absolute atomic E-state index is 0.0485. The predicted octanol–water partition coefficient (Wildman–Crippen LogP) is 3.91. The monoisotopic (exact) mass is 292 g/mol. The van der Waals surface area contributed by atoms with E-state index in [1.807, 2.05) is 42.0 Å². The fourth-order valence-corrected chi connectivity index (χ4v) is 3.42. The lowest BCUT2D eigenvalue weighted by Crippen LogP contribution is -2.06. The van der Waals surface area contributed by atoms with E-state index in [1.54, 1.807) is 17.4 Å². The zero-order chi connectivity index (χ0) is 14.4. The standard InChI is InChI=1S/C17H12N2OS/c1-11-18-14-10-12(6-7-17(14)21-11)19-9-8-16(20)13-4-2-3-5-15(13)19/h2-10H,1H3. The van der Waals surface area contributed by atoms with E-state index in [0.717, 1.165) is 27.1 Å². The first-order valence-electron chi connectivity index (χ1n) is 6.70. The van der Waals surface area contributed by atoms with Gasteiger partial charge in [0.25, 0.3) is 0 Å². The Bertz CT molecular complexity index is 1030.